The van der Waals surface area contributed by atoms with Gasteiger partial charge in [-0.15, -0.1) is 0 Å². The summed E-state index contributed by atoms with van der Waals surface area (Å²) < 4.78 is 0. The molecule has 1 nitrogen and oxygen atoms in total. The van der Waals surface area contributed by atoms with Crippen LogP contribution >= 0.6 is 0 Å². The molecule has 0 saturated heterocycles. The molecule has 1 heteroatoms. The minimum absolute atomic E-state index is 0.296. The number of aldehydes is 1. The number of benzene rings is 2. The van der Waals surface area contributed by atoms with E-state index in [0.29, 0.717) is 5.41 Å². The summed E-state index contributed by atoms with van der Waals surface area (Å²) >= 11 is 0. The van der Waals surface area contributed by atoms with Gasteiger partial charge in [0.05, 0.1) is 0 Å². The lowest BCUT2D eigenvalue weighted by Gasteiger charge is -2.32. The zero-order valence-electron chi connectivity index (χ0n) is 14.1. The first-order valence-electron chi connectivity index (χ1n) is 8.27. The van der Waals surface area contributed by atoms with Crippen LogP contribution < -0.4 is 0 Å². The fourth-order valence-electron chi connectivity index (χ4n) is 3.42. The van der Waals surface area contributed by atoms with Crippen LogP contribution in [0.4, 0.5) is 0 Å². The summed E-state index contributed by atoms with van der Waals surface area (Å²) in [7, 11) is 0. The van der Waals surface area contributed by atoms with Crippen molar-refractivity contribution in [3.8, 4) is 11.1 Å². The molecular formula is C21H26O. The van der Waals surface area contributed by atoms with E-state index in [1.54, 1.807) is 0 Å². The molecule has 2 aromatic carbocycles. The highest BCUT2D eigenvalue weighted by molar-refractivity contribution is 5.77. The van der Waals surface area contributed by atoms with Gasteiger partial charge in [0.25, 0.3) is 0 Å². The van der Waals surface area contributed by atoms with Gasteiger partial charge in [0.15, 0.2) is 0 Å². The molecule has 22 heavy (non-hydrogen) atoms. The van der Waals surface area contributed by atoms with Gasteiger partial charge in [0.1, 0.15) is 6.29 Å². The first-order chi connectivity index (χ1) is 10.6. The molecule has 0 unspecified atom stereocenters. The fourth-order valence-corrected chi connectivity index (χ4v) is 3.42. The quantitative estimate of drug-likeness (QED) is 0.602. The van der Waals surface area contributed by atoms with E-state index >= 15 is 0 Å². The van der Waals surface area contributed by atoms with Crippen molar-refractivity contribution >= 4 is 6.29 Å². The second-order valence-electron chi connectivity index (χ2n) is 6.11. The van der Waals surface area contributed by atoms with Gasteiger partial charge in [-0.3, -0.25) is 4.79 Å². The third-order valence-electron chi connectivity index (χ3n) is 5.23. The summed E-state index contributed by atoms with van der Waals surface area (Å²) in [6.45, 7) is 9.04. The van der Waals surface area contributed by atoms with Crippen molar-refractivity contribution in [2.24, 2.45) is 0 Å². The fraction of sp³-hybridized carbons (Fsp3) is 0.381. The summed E-state index contributed by atoms with van der Waals surface area (Å²) in [6.07, 6.45) is 4.41. The van der Waals surface area contributed by atoms with Crippen molar-refractivity contribution in [1.29, 1.82) is 0 Å². The molecule has 0 fully saturated rings. The van der Waals surface area contributed by atoms with Crippen molar-refractivity contribution in [3.63, 3.8) is 0 Å². The zero-order valence-corrected chi connectivity index (χ0v) is 14.1. The Kier molecular flexibility index (Phi) is 5.18. The van der Waals surface area contributed by atoms with Gasteiger partial charge in [-0.1, -0.05) is 63.2 Å². The Labute approximate surface area is 134 Å². The highest BCUT2D eigenvalue weighted by atomic mass is 16.1. The van der Waals surface area contributed by atoms with Crippen LogP contribution in [0.25, 0.3) is 11.1 Å². The monoisotopic (exact) mass is 294 g/mol. The lowest BCUT2D eigenvalue weighted by molar-refractivity contribution is 0.112. The maximum atomic E-state index is 10.8. The first kappa shape index (κ1) is 16.5. The van der Waals surface area contributed by atoms with Gasteiger partial charge in [0.2, 0.25) is 0 Å². The number of hydrogen-bond acceptors (Lipinski definition) is 1. The van der Waals surface area contributed by atoms with Gasteiger partial charge in [-0.25, -0.2) is 0 Å². The normalized spacial score (nSPS) is 11.5. The Morgan fingerprint density at radius 1 is 0.909 bits per heavy atom. The number of carbonyl (C=O) groups excluding carboxylic acids is 1. The van der Waals surface area contributed by atoms with Gasteiger partial charge in [-0.2, -0.15) is 0 Å². The van der Waals surface area contributed by atoms with E-state index < -0.39 is 0 Å². The van der Waals surface area contributed by atoms with Gasteiger partial charge < -0.3 is 0 Å². The number of hydrogen-bond donors (Lipinski definition) is 0. The van der Waals surface area contributed by atoms with Crippen molar-refractivity contribution in [1.82, 2.24) is 0 Å². The average molecular weight is 294 g/mol. The molecule has 0 aliphatic carbocycles. The molecule has 2 aromatic rings. The predicted octanol–water partition coefficient (Wildman–Crippen LogP) is 5.94. The molecule has 0 aliphatic heterocycles. The van der Waals surface area contributed by atoms with Crippen LogP contribution in [0.15, 0.2) is 42.5 Å². The molecule has 0 N–H and O–H groups in total. The Hall–Kier alpha value is -1.89. The Morgan fingerprint density at radius 2 is 1.50 bits per heavy atom. The molecule has 116 valence electrons. The van der Waals surface area contributed by atoms with E-state index in [-0.39, 0.29) is 0 Å². The van der Waals surface area contributed by atoms with Crippen LogP contribution in [-0.4, -0.2) is 6.29 Å². The van der Waals surface area contributed by atoms with Crippen LogP contribution in [0, 0.1) is 6.92 Å². The van der Waals surface area contributed by atoms with Crippen molar-refractivity contribution in [2.45, 2.75) is 52.4 Å². The van der Waals surface area contributed by atoms with Crippen LogP contribution in [0.2, 0.25) is 0 Å². The van der Waals surface area contributed by atoms with Crippen LogP contribution in [0.3, 0.4) is 0 Å². The van der Waals surface area contributed by atoms with Gasteiger partial charge >= 0.3 is 0 Å². The maximum absolute atomic E-state index is 10.8. The zero-order chi connectivity index (χ0) is 16.2. The third kappa shape index (κ3) is 2.99. The van der Waals surface area contributed by atoms with E-state index in [0.717, 1.165) is 11.8 Å². The standard InChI is InChI=1S/C21H26O/c1-5-21(6-2,7-3)19-12-13-20(16(4)14-19)18-10-8-17(15-22)9-11-18/h8-15H,5-7H2,1-4H3. The minimum atomic E-state index is 0.296. The number of aryl methyl sites for hydroxylation is 1. The third-order valence-corrected chi connectivity index (χ3v) is 5.23. The second-order valence-corrected chi connectivity index (χ2v) is 6.11. The molecule has 0 atom stereocenters. The summed E-state index contributed by atoms with van der Waals surface area (Å²) in [5.74, 6) is 0. The van der Waals surface area contributed by atoms with E-state index in [1.165, 1.54) is 41.5 Å². The molecule has 0 bridgehead atoms. The largest absolute Gasteiger partial charge is 0.298 e. The molecule has 0 heterocycles. The number of rotatable bonds is 6. The van der Waals surface area contributed by atoms with Crippen molar-refractivity contribution in [3.05, 3.63) is 59.2 Å². The predicted molar refractivity (Wildman–Crippen MR) is 94.6 cm³/mol. The Balaban J connectivity index is 2.42. The van der Waals surface area contributed by atoms with E-state index in [2.05, 4.69) is 45.9 Å². The maximum Gasteiger partial charge on any atom is 0.150 e. The first-order valence-corrected chi connectivity index (χ1v) is 8.27. The molecule has 2 rings (SSSR count). The average Bonchev–Trinajstić information content (AvgIpc) is 2.57. The molecule has 0 radical (unpaired) electrons. The van der Waals surface area contributed by atoms with Crippen LogP contribution in [0.5, 0.6) is 0 Å². The summed E-state index contributed by atoms with van der Waals surface area (Å²) in [6, 6.07) is 14.7. The Bertz CT molecular complexity index is 625. The second kappa shape index (κ2) is 6.91. The highest BCUT2D eigenvalue weighted by Crippen LogP contribution is 2.37. The molecule has 0 aliphatic rings. The molecule has 0 aromatic heterocycles. The van der Waals surface area contributed by atoms with Crippen LogP contribution in [0.1, 0.15) is 61.5 Å². The van der Waals surface area contributed by atoms with E-state index in [1.807, 2.05) is 24.3 Å². The van der Waals surface area contributed by atoms with E-state index in [4.69, 9.17) is 0 Å². The lowest BCUT2D eigenvalue weighted by atomic mass is 9.73. The molecule has 0 spiro atoms. The van der Waals surface area contributed by atoms with Gasteiger partial charge in [0, 0.05) is 5.56 Å². The van der Waals surface area contributed by atoms with Crippen molar-refractivity contribution in [2.75, 3.05) is 0 Å². The Morgan fingerprint density at radius 3 is 1.95 bits per heavy atom. The summed E-state index contributed by atoms with van der Waals surface area (Å²) in [4.78, 5) is 10.8. The molecular weight excluding hydrogens is 268 g/mol. The topological polar surface area (TPSA) is 17.1 Å². The van der Waals surface area contributed by atoms with Crippen LogP contribution in [-0.2, 0) is 5.41 Å². The SMILES string of the molecule is CCC(CC)(CC)c1ccc(-c2ccc(C=O)cc2)c(C)c1. The smallest absolute Gasteiger partial charge is 0.150 e. The highest BCUT2D eigenvalue weighted by Gasteiger charge is 2.26. The molecule has 0 saturated carbocycles. The lowest BCUT2D eigenvalue weighted by Crippen LogP contribution is -2.23. The van der Waals surface area contributed by atoms with Gasteiger partial charge in [-0.05, 0) is 53.9 Å². The number of carbonyl (C=O) groups is 1. The minimum Gasteiger partial charge on any atom is -0.298 e. The summed E-state index contributed by atoms with van der Waals surface area (Å²) in [5.41, 5.74) is 6.19. The summed E-state index contributed by atoms with van der Waals surface area (Å²) in [5, 5.41) is 0. The van der Waals surface area contributed by atoms with E-state index in [9.17, 15) is 4.79 Å². The molecule has 0 amide bonds. The van der Waals surface area contributed by atoms with Crippen molar-refractivity contribution < 1.29 is 4.79 Å².